The molecule has 2 aromatic heterocycles. The molecule has 0 saturated carbocycles. The van der Waals surface area contributed by atoms with Crippen LogP contribution in [0.15, 0.2) is 30.5 Å². The number of halogens is 5. The quantitative estimate of drug-likeness (QED) is 0.456. The Morgan fingerprint density at radius 3 is 2.62 bits per heavy atom. The number of hydrogen-bond acceptors (Lipinski definition) is 8. The summed E-state index contributed by atoms with van der Waals surface area (Å²) in [6.45, 7) is -1.30. The third kappa shape index (κ3) is 5.13. The van der Waals surface area contributed by atoms with Crippen LogP contribution in [0.1, 0.15) is 12.8 Å². The Morgan fingerprint density at radius 2 is 1.91 bits per heavy atom. The van der Waals surface area contributed by atoms with Gasteiger partial charge in [-0.15, -0.1) is 5.10 Å². The zero-order valence-corrected chi connectivity index (χ0v) is 17.4. The van der Waals surface area contributed by atoms with Crippen LogP contribution in [-0.2, 0) is 4.79 Å². The Morgan fingerprint density at radius 1 is 1.18 bits per heavy atom. The highest BCUT2D eigenvalue weighted by Crippen LogP contribution is 2.27. The van der Waals surface area contributed by atoms with E-state index in [1.165, 1.54) is 29.2 Å². The van der Waals surface area contributed by atoms with Crippen LogP contribution in [0.5, 0.6) is 0 Å². The van der Waals surface area contributed by atoms with Gasteiger partial charge in [0.2, 0.25) is 17.8 Å². The molecule has 0 spiro atoms. The van der Waals surface area contributed by atoms with Crippen LogP contribution in [0.25, 0.3) is 5.95 Å². The maximum Gasteiger partial charge on any atom is 0.405 e. The number of alkyl halides is 3. The number of nitrogen functional groups attached to an aromatic ring is 1. The van der Waals surface area contributed by atoms with Crippen LogP contribution in [-0.4, -0.2) is 55.9 Å². The van der Waals surface area contributed by atoms with Gasteiger partial charge in [-0.2, -0.15) is 27.8 Å². The Kier molecular flexibility index (Phi) is 6.17. The topological polar surface area (TPSA) is 127 Å². The molecule has 3 aromatic rings. The first-order chi connectivity index (χ1) is 16.1. The second-order valence-electron chi connectivity index (χ2n) is 7.36. The minimum atomic E-state index is -4.57. The molecule has 1 saturated heterocycles. The van der Waals surface area contributed by atoms with Crippen LogP contribution in [0.4, 0.5) is 45.4 Å². The summed E-state index contributed by atoms with van der Waals surface area (Å²) in [5, 5.41) is 8.75. The monoisotopic (exact) mass is 483 g/mol. The average molecular weight is 483 g/mol. The molecule has 4 N–H and O–H groups in total. The lowest BCUT2D eigenvalue weighted by Crippen LogP contribution is -2.46. The number of nitrogens with zero attached hydrogens (tertiary/aromatic N) is 6. The van der Waals surface area contributed by atoms with Gasteiger partial charge in [0.1, 0.15) is 18.4 Å². The summed E-state index contributed by atoms with van der Waals surface area (Å²) >= 11 is 0. The first-order valence-corrected chi connectivity index (χ1v) is 10.00. The lowest BCUT2D eigenvalue weighted by atomic mass is 10.2. The molecule has 0 radical (unpaired) electrons. The van der Waals surface area contributed by atoms with Gasteiger partial charge in [0.05, 0.1) is 6.20 Å². The minimum Gasteiger partial charge on any atom is -0.368 e. The number of nitrogens with two attached hydrogens (primary N) is 1. The highest BCUT2D eigenvalue weighted by atomic mass is 19.4. The third-order valence-electron chi connectivity index (χ3n) is 4.93. The van der Waals surface area contributed by atoms with E-state index in [2.05, 4.69) is 25.4 Å². The van der Waals surface area contributed by atoms with Gasteiger partial charge in [0.15, 0.2) is 11.6 Å². The largest absolute Gasteiger partial charge is 0.405 e. The van der Waals surface area contributed by atoms with Crippen molar-refractivity contribution < 1.29 is 26.7 Å². The molecule has 34 heavy (non-hydrogen) atoms. The van der Waals surface area contributed by atoms with Gasteiger partial charge in [0.25, 0.3) is 5.95 Å². The Labute approximate surface area is 189 Å². The fraction of sp³-hybridized carbons (Fsp3) is 0.316. The molecule has 180 valence electrons. The van der Waals surface area contributed by atoms with Crippen molar-refractivity contribution in [2.24, 2.45) is 0 Å². The van der Waals surface area contributed by atoms with E-state index in [0.717, 1.165) is 10.9 Å². The Hall–Kier alpha value is -4.04. The number of anilines is 4. The van der Waals surface area contributed by atoms with Crippen molar-refractivity contribution in [3.63, 3.8) is 0 Å². The molecule has 4 rings (SSSR count). The van der Waals surface area contributed by atoms with Gasteiger partial charge in [-0.3, -0.25) is 4.79 Å². The summed E-state index contributed by atoms with van der Waals surface area (Å²) in [7, 11) is 0. The number of amides is 1. The highest BCUT2D eigenvalue weighted by Gasteiger charge is 2.36. The zero-order valence-electron chi connectivity index (χ0n) is 17.4. The summed E-state index contributed by atoms with van der Waals surface area (Å²) in [6.07, 6.45) is -3.06. The molecule has 1 aliphatic heterocycles. The molecule has 15 heteroatoms. The normalized spacial score (nSPS) is 16.0. The van der Waals surface area contributed by atoms with Crippen LogP contribution in [0.2, 0.25) is 0 Å². The van der Waals surface area contributed by atoms with Crippen LogP contribution in [0.3, 0.4) is 0 Å². The Bertz CT molecular complexity index is 1180. The number of carbonyl (C=O) groups is 1. The van der Waals surface area contributed by atoms with Crippen LogP contribution < -0.4 is 21.3 Å². The smallest absolute Gasteiger partial charge is 0.368 e. The van der Waals surface area contributed by atoms with Gasteiger partial charge >= 0.3 is 6.18 Å². The first-order valence-electron chi connectivity index (χ1n) is 10.00. The predicted molar refractivity (Wildman–Crippen MR) is 110 cm³/mol. The highest BCUT2D eigenvalue weighted by molar-refractivity contribution is 5.85. The van der Waals surface area contributed by atoms with Crippen LogP contribution in [0, 0.1) is 11.6 Å². The molecule has 1 aliphatic rings. The van der Waals surface area contributed by atoms with E-state index in [9.17, 15) is 26.7 Å². The minimum absolute atomic E-state index is 0.0316. The van der Waals surface area contributed by atoms with Gasteiger partial charge in [-0.05, 0) is 37.1 Å². The summed E-state index contributed by atoms with van der Waals surface area (Å²) in [6, 6.07) is 4.33. The molecule has 3 heterocycles. The number of carbonyl (C=O) groups excluding carboxylic acids is 1. The van der Waals surface area contributed by atoms with Crippen LogP contribution >= 0.6 is 0 Å². The van der Waals surface area contributed by atoms with E-state index in [1.54, 1.807) is 0 Å². The van der Waals surface area contributed by atoms with E-state index >= 15 is 0 Å². The van der Waals surface area contributed by atoms with E-state index in [4.69, 9.17) is 5.73 Å². The van der Waals surface area contributed by atoms with Crippen molar-refractivity contribution in [1.82, 2.24) is 30.0 Å². The lowest BCUT2D eigenvalue weighted by Gasteiger charge is -2.25. The van der Waals surface area contributed by atoms with E-state index < -0.39 is 36.3 Å². The molecule has 10 nitrogen and oxygen atoms in total. The molecule has 0 aliphatic carbocycles. The van der Waals surface area contributed by atoms with Crippen molar-refractivity contribution in [3.8, 4) is 5.95 Å². The summed E-state index contributed by atoms with van der Waals surface area (Å²) in [5.41, 5.74) is 6.36. The lowest BCUT2D eigenvalue weighted by molar-refractivity contribution is -0.139. The van der Waals surface area contributed by atoms with Gasteiger partial charge in [-0.1, -0.05) is 0 Å². The second kappa shape index (κ2) is 9.07. The number of rotatable bonds is 6. The van der Waals surface area contributed by atoms with E-state index in [1.807, 2.05) is 5.32 Å². The summed E-state index contributed by atoms with van der Waals surface area (Å²) < 4.78 is 66.1. The SMILES string of the molecule is Nc1nc(Nc2ccc(F)cc2)nn1-c1ncc(F)c(N2CCC[C@@H]2C(=O)NCC(F)(F)F)n1. The molecule has 0 unspecified atom stereocenters. The fourth-order valence-electron chi connectivity index (χ4n) is 3.44. The average Bonchev–Trinajstić information content (AvgIpc) is 3.40. The molecule has 1 amide bonds. The zero-order chi connectivity index (χ0) is 24.5. The molecule has 1 aromatic carbocycles. The standard InChI is InChI=1S/C19H18F5N9O/c20-10-3-5-11(6-4-10)28-17-30-16(25)33(31-17)18-26-8-12(21)14(29-18)32-7-1-2-13(32)15(34)27-9-19(22,23)24/h3-6,8,13H,1-2,7,9H2,(H,27,34)(H3,25,28,30,31)/t13-/m1/s1. The number of nitrogens with one attached hydrogen (secondary N) is 2. The maximum atomic E-state index is 14.6. The number of benzene rings is 1. The molecular formula is C19H18F5N9O. The predicted octanol–water partition coefficient (Wildman–Crippen LogP) is 2.31. The van der Waals surface area contributed by atoms with Crippen molar-refractivity contribution in [1.29, 1.82) is 0 Å². The van der Waals surface area contributed by atoms with E-state index in [0.29, 0.717) is 12.1 Å². The third-order valence-corrected chi connectivity index (χ3v) is 4.93. The maximum absolute atomic E-state index is 14.6. The molecular weight excluding hydrogens is 465 g/mol. The molecule has 1 atom stereocenters. The molecule has 0 bridgehead atoms. The Balaban J connectivity index is 1.57. The van der Waals surface area contributed by atoms with Gasteiger partial charge in [-0.25, -0.2) is 13.8 Å². The van der Waals surface area contributed by atoms with Crippen molar-refractivity contribution >= 4 is 29.3 Å². The second-order valence-corrected chi connectivity index (χ2v) is 7.36. The summed E-state index contributed by atoms with van der Waals surface area (Å²) in [4.78, 5) is 25.5. The number of hydrogen-bond donors (Lipinski definition) is 3. The van der Waals surface area contributed by atoms with E-state index in [-0.39, 0.29) is 36.6 Å². The van der Waals surface area contributed by atoms with Crippen molar-refractivity contribution in [2.75, 3.05) is 29.0 Å². The number of aromatic nitrogens is 5. The van der Waals surface area contributed by atoms with Crippen molar-refractivity contribution in [3.05, 3.63) is 42.1 Å². The summed E-state index contributed by atoms with van der Waals surface area (Å²) in [5.74, 6) is -2.76. The molecule has 1 fully saturated rings. The first kappa shape index (κ1) is 23.1. The van der Waals surface area contributed by atoms with Gasteiger partial charge < -0.3 is 21.3 Å². The van der Waals surface area contributed by atoms with Crippen molar-refractivity contribution in [2.45, 2.75) is 25.1 Å². The fourth-order valence-corrected chi connectivity index (χ4v) is 3.44. The van der Waals surface area contributed by atoms with Gasteiger partial charge in [0, 0.05) is 12.2 Å².